The number of rotatable bonds is 6. The zero-order chi connectivity index (χ0) is 16.9. The van der Waals surface area contributed by atoms with Crippen LogP contribution in [0.4, 0.5) is 5.69 Å². The molecule has 2 rings (SSSR count). The maximum Gasteiger partial charge on any atom is 0.264 e. The molecule has 5 nitrogen and oxygen atoms in total. The molecule has 0 heterocycles. The number of sulfonamides is 1. The second-order valence-electron chi connectivity index (χ2n) is 4.76. The summed E-state index contributed by atoms with van der Waals surface area (Å²) in [4.78, 5) is 12.1. The molecule has 2 aromatic carbocycles. The van der Waals surface area contributed by atoms with Crippen molar-refractivity contribution in [2.24, 2.45) is 0 Å². The molecule has 2 aromatic rings. The van der Waals surface area contributed by atoms with Crippen LogP contribution < -0.4 is 9.62 Å². The third kappa shape index (κ3) is 4.33. The Morgan fingerprint density at radius 3 is 2.43 bits per heavy atom. The lowest BCUT2D eigenvalue weighted by Gasteiger charge is -2.24. The molecule has 23 heavy (non-hydrogen) atoms. The fourth-order valence-corrected chi connectivity index (χ4v) is 3.87. The van der Waals surface area contributed by atoms with Crippen LogP contribution in [0.25, 0.3) is 0 Å². The largest absolute Gasteiger partial charge is 0.355 e. The lowest BCUT2D eigenvalue weighted by atomic mass is 10.3. The van der Waals surface area contributed by atoms with E-state index in [9.17, 15) is 13.2 Å². The molecule has 0 unspecified atom stereocenters. The Bertz CT molecular complexity index is 779. The number of anilines is 1. The van der Waals surface area contributed by atoms with E-state index in [0.29, 0.717) is 12.2 Å². The number of halogens is 1. The number of nitrogens with zero attached hydrogens (tertiary/aromatic N) is 1. The molecule has 0 aliphatic heterocycles. The van der Waals surface area contributed by atoms with E-state index in [1.54, 1.807) is 49.4 Å². The average molecular weight is 397 g/mol. The fourth-order valence-electron chi connectivity index (χ4n) is 2.05. The van der Waals surface area contributed by atoms with Crippen molar-refractivity contribution < 1.29 is 13.2 Å². The third-order valence-electron chi connectivity index (χ3n) is 3.09. The normalized spacial score (nSPS) is 11.0. The number of carbonyl (C=O) groups is 1. The summed E-state index contributed by atoms with van der Waals surface area (Å²) in [6, 6.07) is 14.9. The SMILES string of the molecule is CCNC(=O)CN(c1cccc(Br)c1)S(=O)(=O)c1ccccc1. The van der Waals surface area contributed by atoms with Crippen molar-refractivity contribution in [3.8, 4) is 0 Å². The van der Waals surface area contributed by atoms with Crippen LogP contribution in [-0.2, 0) is 14.8 Å². The third-order valence-corrected chi connectivity index (χ3v) is 5.37. The van der Waals surface area contributed by atoms with E-state index in [1.807, 2.05) is 0 Å². The summed E-state index contributed by atoms with van der Waals surface area (Å²) in [7, 11) is -3.83. The quantitative estimate of drug-likeness (QED) is 0.815. The van der Waals surface area contributed by atoms with Gasteiger partial charge in [0, 0.05) is 11.0 Å². The van der Waals surface area contributed by atoms with Crippen molar-refractivity contribution in [3.05, 3.63) is 59.1 Å². The smallest absolute Gasteiger partial charge is 0.264 e. The van der Waals surface area contributed by atoms with E-state index in [-0.39, 0.29) is 17.3 Å². The van der Waals surface area contributed by atoms with Crippen LogP contribution in [0.2, 0.25) is 0 Å². The molecule has 122 valence electrons. The van der Waals surface area contributed by atoms with E-state index in [0.717, 1.165) is 8.78 Å². The van der Waals surface area contributed by atoms with Crippen LogP contribution in [0.1, 0.15) is 6.92 Å². The Hall–Kier alpha value is -1.86. The molecule has 0 fully saturated rings. The number of benzene rings is 2. The summed E-state index contributed by atoms with van der Waals surface area (Å²) in [6.07, 6.45) is 0. The topological polar surface area (TPSA) is 66.5 Å². The predicted molar refractivity (Wildman–Crippen MR) is 93.8 cm³/mol. The summed E-state index contributed by atoms with van der Waals surface area (Å²) >= 11 is 3.33. The number of nitrogens with one attached hydrogen (secondary N) is 1. The summed E-state index contributed by atoms with van der Waals surface area (Å²) in [5.74, 6) is -0.355. The fraction of sp³-hybridized carbons (Fsp3) is 0.188. The van der Waals surface area contributed by atoms with Gasteiger partial charge in [0.15, 0.2) is 0 Å². The van der Waals surface area contributed by atoms with E-state index in [2.05, 4.69) is 21.2 Å². The average Bonchev–Trinajstić information content (AvgIpc) is 2.53. The Morgan fingerprint density at radius 2 is 1.83 bits per heavy atom. The highest BCUT2D eigenvalue weighted by molar-refractivity contribution is 9.10. The van der Waals surface area contributed by atoms with Crippen LogP contribution >= 0.6 is 15.9 Å². The van der Waals surface area contributed by atoms with Crippen molar-refractivity contribution in [2.75, 3.05) is 17.4 Å². The Labute approximate surface area is 144 Å². The van der Waals surface area contributed by atoms with Crippen LogP contribution in [0, 0.1) is 0 Å². The summed E-state index contributed by atoms with van der Waals surface area (Å²) in [6.45, 7) is 1.95. The highest BCUT2D eigenvalue weighted by Gasteiger charge is 2.26. The van der Waals surface area contributed by atoms with Crippen LogP contribution in [-0.4, -0.2) is 27.4 Å². The number of hydrogen-bond acceptors (Lipinski definition) is 3. The molecule has 0 saturated carbocycles. The standard InChI is InChI=1S/C16H17BrN2O3S/c1-2-18-16(20)12-19(14-8-6-7-13(17)11-14)23(21,22)15-9-4-3-5-10-15/h3-11H,2,12H2,1H3,(H,18,20). The van der Waals surface area contributed by atoms with Crippen LogP contribution in [0.15, 0.2) is 64.0 Å². The molecule has 1 N–H and O–H groups in total. The van der Waals surface area contributed by atoms with E-state index in [4.69, 9.17) is 0 Å². The zero-order valence-electron chi connectivity index (χ0n) is 12.6. The molecular weight excluding hydrogens is 380 g/mol. The summed E-state index contributed by atoms with van der Waals surface area (Å²) < 4.78 is 27.7. The second-order valence-corrected chi connectivity index (χ2v) is 7.54. The lowest BCUT2D eigenvalue weighted by molar-refractivity contribution is -0.119. The molecule has 0 radical (unpaired) electrons. The minimum Gasteiger partial charge on any atom is -0.355 e. The van der Waals surface area contributed by atoms with Crippen molar-refractivity contribution >= 4 is 37.5 Å². The van der Waals surface area contributed by atoms with Crippen molar-refractivity contribution in [2.45, 2.75) is 11.8 Å². The van der Waals surface area contributed by atoms with E-state index < -0.39 is 10.0 Å². The second kappa shape index (κ2) is 7.61. The number of amides is 1. The minimum atomic E-state index is -3.83. The van der Waals surface area contributed by atoms with E-state index in [1.165, 1.54) is 12.1 Å². The first kappa shape index (κ1) is 17.5. The van der Waals surface area contributed by atoms with Gasteiger partial charge in [-0.05, 0) is 37.3 Å². The van der Waals surface area contributed by atoms with Gasteiger partial charge < -0.3 is 5.32 Å². The van der Waals surface area contributed by atoms with Crippen LogP contribution in [0.5, 0.6) is 0 Å². The van der Waals surface area contributed by atoms with Gasteiger partial charge in [0.25, 0.3) is 10.0 Å². The van der Waals surface area contributed by atoms with E-state index >= 15 is 0 Å². The molecule has 7 heteroatoms. The van der Waals surface area contributed by atoms with Crippen molar-refractivity contribution in [3.63, 3.8) is 0 Å². The molecule has 0 atom stereocenters. The van der Waals surface area contributed by atoms with Gasteiger partial charge in [-0.15, -0.1) is 0 Å². The summed E-state index contributed by atoms with van der Waals surface area (Å²) in [5.41, 5.74) is 0.425. The molecule has 0 aliphatic carbocycles. The van der Waals surface area contributed by atoms with Gasteiger partial charge in [-0.25, -0.2) is 8.42 Å². The summed E-state index contributed by atoms with van der Waals surface area (Å²) in [5, 5.41) is 2.63. The molecular formula is C16H17BrN2O3S. The first-order valence-corrected chi connectivity index (χ1v) is 9.28. The van der Waals surface area contributed by atoms with Gasteiger partial charge in [-0.2, -0.15) is 0 Å². The number of carbonyl (C=O) groups excluding carboxylic acids is 1. The van der Waals surface area contributed by atoms with Crippen molar-refractivity contribution in [1.29, 1.82) is 0 Å². The molecule has 0 aliphatic rings. The van der Waals surface area contributed by atoms with Gasteiger partial charge in [-0.1, -0.05) is 40.2 Å². The molecule has 0 aromatic heterocycles. The molecule has 1 amide bonds. The molecule has 0 saturated heterocycles. The first-order chi connectivity index (χ1) is 10.9. The van der Waals surface area contributed by atoms with Gasteiger partial charge in [-0.3, -0.25) is 9.10 Å². The Balaban J connectivity index is 2.47. The number of hydrogen-bond donors (Lipinski definition) is 1. The Morgan fingerprint density at radius 1 is 1.13 bits per heavy atom. The van der Waals surface area contributed by atoms with Gasteiger partial charge in [0.2, 0.25) is 5.91 Å². The highest BCUT2D eigenvalue weighted by atomic mass is 79.9. The molecule has 0 bridgehead atoms. The maximum atomic E-state index is 12.9. The Kier molecular flexibility index (Phi) is 5.79. The van der Waals surface area contributed by atoms with Gasteiger partial charge in [0.05, 0.1) is 10.6 Å². The maximum absolute atomic E-state index is 12.9. The monoisotopic (exact) mass is 396 g/mol. The minimum absolute atomic E-state index is 0.143. The lowest BCUT2D eigenvalue weighted by Crippen LogP contribution is -2.40. The van der Waals surface area contributed by atoms with Crippen LogP contribution in [0.3, 0.4) is 0 Å². The highest BCUT2D eigenvalue weighted by Crippen LogP contribution is 2.26. The zero-order valence-corrected chi connectivity index (χ0v) is 15.0. The molecule has 0 spiro atoms. The predicted octanol–water partition coefficient (Wildman–Crippen LogP) is 2.78. The van der Waals surface area contributed by atoms with Gasteiger partial charge >= 0.3 is 0 Å². The van der Waals surface area contributed by atoms with Crippen molar-refractivity contribution in [1.82, 2.24) is 5.32 Å². The first-order valence-electron chi connectivity index (χ1n) is 7.05. The van der Waals surface area contributed by atoms with Gasteiger partial charge in [0.1, 0.15) is 6.54 Å². The number of likely N-dealkylation sites (N-methyl/N-ethyl adjacent to an activating group) is 1.